The maximum atomic E-state index is 12.0. The number of rotatable bonds is 3. The number of anilines is 1. The van der Waals surface area contributed by atoms with Crippen molar-refractivity contribution in [3.63, 3.8) is 0 Å². The molecule has 0 saturated heterocycles. The number of hydrogen-bond donors (Lipinski definition) is 2. The minimum Gasteiger partial charge on any atom is -0.478 e. The van der Waals surface area contributed by atoms with Crippen molar-refractivity contribution in [2.45, 2.75) is 0 Å². The molecule has 0 saturated carbocycles. The van der Waals surface area contributed by atoms with E-state index in [1.54, 1.807) is 17.7 Å². The van der Waals surface area contributed by atoms with Gasteiger partial charge in [0.2, 0.25) is 0 Å². The van der Waals surface area contributed by atoms with Crippen molar-refractivity contribution in [3.8, 4) is 0 Å². The summed E-state index contributed by atoms with van der Waals surface area (Å²) in [6, 6.07) is 4.41. The standard InChI is InChI=1S/C12H10BrN3O3/c1-16-6-14-5-10(16)11(17)15-9-4-7(12(18)19)2-3-8(9)13/h2-6H,1H3,(H,15,17)(H,18,19). The third kappa shape index (κ3) is 2.82. The van der Waals surface area contributed by atoms with Gasteiger partial charge in [0.25, 0.3) is 5.91 Å². The van der Waals surface area contributed by atoms with Crippen LogP contribution in [0.2, 0.25) is 0 Å². The fraction of sp³-hybridized carbons (Fsp3) is 0.0833. The van der Waals surface area contributed by atoms with Crippen LogP contribution < -0.4 is 5.32 Å². The molecule has 0 aliphatic rings. The molecule has 0 radical (unpaired) electrons. The molecule has 1 amide bonds. The van der Waals surface area contributed by atoms with Gasteiger partial charge in [-0.2, -0.15) is 0 Å². The van der Waals surface area contributed by atoms with Gasteiger partial charge >= 0.3 is 5.97 Å². The van der Waals surface area contributed by atoms with Gasteiger partial charge in [0.1, 0.15) is 5.69 Å². The number of benzene rings is 1. The third-order valence-corrected chi connectivity index (χ3v) is 3.20. The van der Waals surface area contributed by atoms with E-state index in [4.69, 9.17) is 5.11 Å². The van der Waals surface area contributed by atoms with Crippen molar-refractivity contribution in [3.05, 3.63) is 46.5 Å². The predicted molar refractivity (Wildman–Crippen MR) is 72.3 cm³/mol. The molecule has 2 N–H and O–H groups in total. The summed E-state index contributed by atoms with van der Waals surface area (Å²) in [5.74, 6) is -1.41. The van der Waals surface area contributed by atoms with Gasteiger partial charge in [-0.05, 0) is 34.1 Å². The Kier molecular flexibility index (Phi) is 3.66. The summed E-state index contributed by atoms with van der Waals surface area (Å²) in [6.07, 6.45) is 2.95. The van der Waals surface area contributed by atoms with Crippen LogP contribution in [0.5, 0.6) is 0 Å². The predicted octanol–water partition coefficient (Wildman–Crippen LogP) is 2.13. The number of amides is 1. The van der Waals surface area contributed by atoms with E-state index in [-0.39, 0.29) is 11.5 Å². The monoisotopic (exact) mass is 323 g/mol. The molecular weight excluding hydrogens is 314 g/mol. The van der Waals surface area contributed by atoms with Gasteiger partial charge in [-0.3, -0.25) is 4.79 Å². The van der Waals surface area contributed by atoms with Crippen LogP contribution in [0, 0.1) is 0 Å². The van der Waals surface area contributed by atoms with E-state index >= 15 is 0 Å². The molecule has 1 aromatic heterocycles. The Morgan fingerprint density at radius 2 is 2.16 bits per heavy atom. The number of hydrogen-bond acceptors (Lipinski definition) is 3. The smallest absolute Gasteiger partial charge is 0.335 e. The molecule has 0 atom stereocenters. The normalized spacial score (nSPS) is 10.2. The Hall–Kier alpha value is -2.15. The summed E-state index contributed by atoms with van der Waals surface area (Å²) in [5, 5.41) is 11.6. The summed E-state index contributed by atoms with van der Waals surface area (Å²) in [7, 11) is 1.70. The molecule has 98 valence electrons. The lowest BCUT2D eigenvalue weighted by Gasteiger charge is -2.08. The number of aromatic nitrogens is 2. The van der Waals surface area contributed by atoms with Gasteiger partial charge in [0.15, 0.2) is 0 Å². The van der Waals surface area contributed by atoms with Gasteiger partial charge in [0.05, 0.1) is 23.8 Å². The van der Waals surface area contributed by atoms with Crippen LogP contribution in [0.15, 0.2) is 35.2 Å². The molecule has 0 unspecified atom stereocenters. The van der Waals surface area contributed by atoms with Crippen LogP contribution >= 0.6 is 15.9 Å². The van der Waals surface area contributed by atoms with Crippen molar-refractivity contribution in [1.82, 2.24) is 9.55 Å². The number of aryl methyl sites for hydroxylation is 1. The first-order valence-electron chi connectivity index (χ1n) is 5.29. The number of nitrogens with zero attached hydrogens (tertiary/aromatic N) is 2. The Balaban J connectivity index is 2.28. The Bertz CT molecular complexity index is 651. The van der Waals surface area contributed by atoms with Gasteiger partial charge in [-0.25, -0.2) is 9.78 Å². The molecule has 0 bridgehead atoms. The van der Waals surface area contributed by atoms with Gasteiger partial charge in [-0.15, -0.1) is 0 Å². The molecule has 19 heavy (non-hydrogen) atoms. The molecule has 1 aromatic carbocycles. The zero-order valence-corrected chi connectivity index (χ0v) is 11.5. The van der Waals surface area contributed by atoms with Crippen molar-refractivity contribution in [1.29, 1.82) is 0 Å². The largest absolute Gasteiger partial charge is 0.478 e. The molecular formula is C12H10BrN3O3. The number of carboxylic acid groups (broad SMARTS) is 1. The second-order valence-electron chi connectivity index (χ2n) is 3.84. The average molecular weight is 324 g/mol. The molecule has 0 aliphatic heterocycles. The maximum Gasteiger partial charge on any atom is 0.335 e. The fourth-order valence-electron chi connectivity index (χ4n) is 1.52. The first kappa shape index (κ1) is 13.3. The van der Waals surface area contributed by atoms with Crippen LogP contribution in [0.4, 0.5) is 5.69 Å². The Morgan fingerprint density at radius 1 is 1.42 bits per heavy atom. The maximum absolute atomic E-state index is 12.0. The lowest BCUT2D eigenvalue weighted by atomic mass is 10.2. The van der Waals surface area contributed by atoms with Crippen LogP contribution in [0.1, 0.15) is 20.8 Å². The van der Waals surface area contributed by atoms with Gasteiger partial charge in [-0.1, -0.05) is 0 Å². The van der Waals surface area contributed by atoms with Crippen LogP contribution in [0.25, 0.3) is 0 Å². The first-order chi connectivity index (χ1) is 8.99. The highest BCUT2D eigenvalue weighted by Gasteiger charge is 2.13. The highest BCUT2D eigenvalue weighted by Crippen LogP contribution is 2.24. The van der Waals surface area contributed by atoms with Gasteiger partial charge in [0, 0.05) is 11.5 Å². The minimum absolute atomic E-state index is 0.100. The summed E-state index contributed by atoms with van der Waals surface area (Å²) >= 11 is 3.26. The highest BCUT2D eigenvalue weighted by atomic mass is 79.9. The van der Waals surface area contributed by atoms with Crippen molar-refractivity contribution in [2.75, 3.05) is 5.32 Å². The van der Waals surface area contributed by atoms with Crippen molar-refractivity contribution >= 4 is 33.5 Å². The summed E-state index contributed by atoms with van der Waals surface area (Å²) < 4.78 is 2.18. The zero-order valence-electron chi connectivity index (χ0n) is 9.92. The highest BCUT2D eigenvalue weighted by molar-refractivity contribution is 9.10. The number of carbonyl (C=O) groups is 2. The number of halogens is 1. The van der Waals surface area contributed by atoms with E-state index in [1.165, 1.54) is 24.7 Å². The molecule has 2 rings (SSSR count). The molecule has 0 fully saturated rings. The lowest BCUT2D eigenvalue weighted by molar-refractivity contribution is 0.0696. The van der Waals surface area contributed by atoms with E-state index in [0.29, 0.717) is 15.9 Å². The molecule has 1 heterocycles. The number of imidazole rings is 1. The number of carbonyl (C=O) groups excluding carboxylic acids is 1. The first-order valence-corrected chi connectivity index (χ1v) is 6.09. The van der Waals surface area contributed by atoms with E-state index in [2.05, 4.69) is 26.2 Å². The number of carboxylic acids is 1. The lowest BCUT2D eigenvalue weighted by Crippen LogP contribution is -2.16. The van der Waals surface area contributed by atoms with Crippen LogP contribution in [0.3, 0.4) is 0 Å². The molecule has 6 nitrogen and oxygen atoms in total. The van der Waals surface area contributed by atoms with E-state index in [1.807, 2.05) is 0 Å². The van der Waals surface area contributed by atoms with Crippen molar-refractivity contribution < 1.29 is 14.7 Å². The third-order valence-electron chi connectivity index (χ3n) is 2.51. The second-order valence-corrected chi connectivity index (χ2v) is 4.70. The summed E-state index contributed by atoms with van der Waals surface area (Å²) in [4.78, 5) is 26.7. The zero-order chi connectivity index (χ0) is 14.0. The minimum atomic E-state index is -1.05. The average Bonchev–Trinajstić information content (AvgIpc) is 2.78. The summed E-state index contributed by atoms with van der Waals surface area (Å²) in [6.45, 7) is 0. The van der Waals surface area contributed by atoms with Crippen LogP contribution in [-0.2, 0) is 7.05 Å². The number of nitrogens with one attached hydrogen (secondary N) is 1. The molecule has 7 heteroatoms. The molecule has 0 spiro atoms. The molecule has 0 aliphatic carbocycles. The topological polar surface area (TPSA) is 84.2 Å². The van der Waals surface area contributed by atoms with Crippen molar-refractivity contribution in [2.24, 2.45) is 7.05 Å². The van der Waals surface area contributed by atoms with E-state index in [9.17, 15) is 9.59 Å². The van der Waals surface area contributed by atoms with E-state index < -0.39 is 5.97 Å². The SMILES string of the molecule is Cn1cncc1C(=O)Nc1cc(C(=O)O)ccc1Br. The number of aromatic carboxylic acids is 1. The van der Waals surface area contributed by atoms with Crippen LogP contribution in [-0.4, -0.2) is 26.5 Å². The fourth-order valence-corrected chi connectivity index (χ4v) is 1.86. The summed E-state index contributed by atoms with van der Waals surface area (Å²) in [5.41, 5.74) is 0.877. The Labute approximate surface area is 117 Å². The molecule has 2 aromatic rings. The second kappa shape index (κ2) is 5.23. The van der Waals surface area contributed by atoms with E-state index in [0.717, 1.165) is 0 Å². The quantitative estimate of drug-likeness (QED) is 0.906. The van der Waals surface area contributed by atoms with Gasteiger partial charge < -0.3 is 15.0 Å². The Morgan fingerprint density at radius 3 is 2.74 bits per heavy atom.